The quantitative estimate of drug-likeness (QED) is 0.370. The third kappa shape index (κ3) is 6.55. The lowest BCUT2D eigenvalue weighted by Crippen LogP contribution is -2.48. The number of piperazine rings is 1. The molecular weight excluding hydrogens is 525 g/mol. The van der Waals surface area contributed by atoms with E-state index in [1.54, 1.807) is 18.2 Å². The minimum atomic E-state index is -0.589. The van der Waals surface area contributed by atoms with Crippen LogP contribution in [-0.4, -0.2) is 64.4 Å². The molecule has 1 aliphatic heterocycles. The predicted octanol–water partition coefficient (Wildman–Crippen LogP) is 5.60. The highest BCUT2D eigenvalue weighted by Gasteiger charge is 2.21. The summed E-state index contributed by atoms with van der Waals surface area (Å²) in [5.41, 5.74) is 1.59. The molecule has 1 fully saturated rings. The Morgan fingerprint density at radius 3 is 2.17 bits per heavy atom. The molecule has 0 bridgehead atoms. The molecular formula is C24H24Cl3N7O2. The summed E-state index contributed by atoms with van der Waals surface area (Å²) in [6, 6.07) is 11.1. The lowest BCUT2D eigenvalue weighted by Gasteiger charge is -2.34. The molecule has 36 heavy (non-hydrogen) atoms. The van der Waals surface area contributed by atoms with Crippen LogP contribution in [0.5, 0.6) is 0 Å². The lowest BCUT2D eigenvalue weighted by molar-refractivity contribution is 0.0643. The Hall–Kier alpha value is -3.11. The van der Waals surface area contributed by atoms with Crippen molar-refractivity contribution in [2.75, 3.05) is 48.7 Å². The molecule has 12 heteroatoms. The van der Waals surface area contributed by atoms with Gasteiger partial charge in [0.2, 0.25) is 0 Å². The first-order chi connectivity index (χ1) is 17.3. The van der Waals surface area contributed by atoms with Gasteiger partial charge in [0.05, 0.1) is 15.7 Å². The maximum Gasteiger partial charge on any atom is 0.324 e. The number of carbonyl (C=O) groups is 2. The number of benzene rings is 2. The van der Waals surface area contributed by atoms with Crippen molar-refractivity contribution in [3.63, 3.8) is 0 Å². The van der Waals surface area contributed by atoms with E-state index in [2.05, 4.69) is 37.7 Å². The molecule has 0 spiro atoms. The van der Waals surface area contributed by atoms with E-state index in [1.807, 2.05) is 17.0 Å². The van der Waals surface area contributed by atoms with Gasteiger partial charge >= 0.3 is 6.03 Å². The molecule has 0 saturated carbocycles. The molecule has 2 aromatic carbocycles. The Kier molecular flexibility index (Phi) is 8.48. The van der Waals surface area contributed by atoms with E-state index in [0.717, 1.165) is 38.4 Å². The van der Waals surface area contributed by atoms with Gasteiger partial charge in [-0.1, -0.05) is 41.7 Å². The molecule has 3 aromatic rings. The van der Waals surface area contributed by atoms with Gasteiger partial charge in [0.25, 0.3) is 5.91 Å². The van der Waals surface area contributed by atoms with Gasteiger partial charge in [-0.2, -0.15) is 0 Å². The smallest absolute Gasteiger partial charge is 0.324 e. The minimum Gasteiger partial charge on any atom is -0.340 e. The first-order valence-electron chi connectivity index (χ1n) is 11.3. The van der Waals surface area contributed by atoms with Crippen molar-refractivity contribution in [2.24, 2.45) is 0 Å². The van der Waals surface area contributed by atoms with Gasteiger partial charge < -0.3 is 20.4 Å². The molecule has 1 aromatic heterocycles. The van der Waals surface area contributed by atoms with E-state index < -0.39 is 6.03 Å². The van der Waals surface area contributed by atoms with E-state index in [1.165, 1.54) is 18.5 Å². The number of carbonyl (C=O) groups excluding carboxylic acids is 2. The summed E-state index contributed by atoms with van der Waals surface area (Å²) in [6.45, 7) is 6.37. The maximum absolute atomic E-state index is 12.8. The molecule has 0 aliphatic carbocycles. The Morgan fingerprint density at radius 2 is 1.53 bits per heavy atom. The third-order valence-electron chi connectivity index (χ3n) is 5.67. The molecule has 0 unspecified atom stereocenters. The van der Waals surface area contributed by atoms with Gasteiger partial charge in [0.15, 0.2) is 0 Å². The summed E-state index contributed by atoms with van der Waals surface area (Å²) in [7, 11) is 0. The van der Waals surface area contributed by atoms with Gasteiger partial charge in [0, 0.05) is 48.5 Å². The highest BCUT2D eigenvalue weighted by atomic mass is 35.5. The molecule has 1 saturated heterocycles. The first kappa shape index (κ1) is 26.0. The van der Waals surface area contributed by atoms with Crippen molar-refractivity contribution in [3.8, 4) is 0 Å². The zero-order valence-corrected chi connectivity index (χ0v) is 21.7. The summed E-state index contributed by atoms with van der Waals surface area (Å²) in [6.07, 6.45) is 1.31. The van der Waals surface area contributed by atoms with Gasteiger partial charge in [0.1, 0.15) is 18.0 Å². The van der Waals surface area contributed by atoms with Crippen LogP contribution in [0, 0.1) is 0 Å². The number of rotatable bonds is 6. The second kappa shape index (κ2) is 11.7. The molecule has 0 atom stereocenters. The highest BCUT2D eigenvalue weighted by molar-refractivity contribution is 6.42. The van der Waals surface area contributed by atoms with Gasteiger partial charge in [-0.05, 0) is 42.9 Å². The SMILES string of the molecule is CCN1CCN(C(=O)c2ccc(Nc3cc(NC(=O)Nc4c(Cl)cc(Cl)cc4Cl)ncn3)cc2)CC1. The van der Waals surface area contributed by atoms with Crippen LogP contribution in [0.1, 0.15) is 17.3 Å². The number of anilines is 4. The zero-order valence-electron chi connectivity index (χ0n) is 19.4. The average molecular weight is 549 g/mol. The van der Waals surface area contributed by atoms with E-state index in [9.17, 15) is 9.59 Å². The van der Waals surface area contributed by atoms with Crippen molar-refractivity contribution in [2.45, 2.75) is 6.92 Å². The predicted molar refractivity (Wildman–Crippen MR) is 144 cm³/mol. The fraction of sp³-hybridized carbons (Fsp3) is 0.250. The molecule has 0 radical (unpaired) electrons. The van der Waals surface area contributed by atoms with Crippen molar-refractivity contribution in [1.29, 1.82) is 0 Å². The van der Waals surface area contributed by atoms with E-state index in [4.69, 9.17) is 34.8 Å². The van der Waals surface area contributed by atoms with E-state index in [0.29, 0.717) is 16.4 Å². The van der Waals surface area contributed by atoms with Crippen LogP contribution in [0.25, 0.3) is 0 Å². The fourth-order valence-corrected chi connectivity index (χ4v) is 4.62. The van der Waals surface area contributed by atoms with E-state index >= 15 is 0 Å². The van der Waals surface area contributed by atoms with Gasteiger partial charge in [-0.3, -0.25) is 10.1 Å². The summed E-state index contributed by atoms with van der Waals surface area (Å²) < 4.78 is 0. The summed E-state index contributed by atoms with van der Waals surface area (Å²) in [4.78, 5) is 37.7. The minimum absolute atomic E-state index is 0.0257. The highest BCUT2D eigenvalue weighted by Crippen LogP contribution is 2.33. The average Bonchev–Trinajstić information content (AvgIpc) is 2.86. The Balaban J connectivity index is 1.35. The van der Waals surface area contributed by atoms with Crippen LogP contribution in [0.2, 0.25) is 15.1 Å². The summed E-state index contributed by atoms with van der Waals surface area (Å²) in [5.74, 6) is 0.736. The Bertz CT molecular complexity index is 1230. The number of nitrogens with zero attached hydrogens (tertiary/aromatic N) is 4. The number of hydrogen-bond donors (Lipinski definition) is 3. The van der Waals surface area contributed by atoms with Gasteiger partial charge in [-0.15, -0.1) is 0 Å². The fourth-order valence-electron chi connectivity index (χ4n) is 3.71. The summed E-state index contributed by atoms with van der Waals surface area (Å²) >= 11 is 18.1. The number of nitrogens with one attached hydrogen (secondary N) is 3. The van der Waals surface area contributed by atoms with Crippen LogP contribution in [0.3, 0.4) is 0 Å². The summed E-state index contributed by atoms with van der Waals surface area (Å²) in [5, 5.41) is 9.10. The molecule has 4 rings (SSSR count). The lowest BCUT2D eigenvalue weighted by atomic mass is 10.1. The van der Waals surface area contributed by atoms with Crippen LogP contribution in [-0.2, 0) is 0 Å². The van der Waals surface area contributed by atoms with E-state index in [-0.39, 0.29) is 27.5 Å². The van der Waals surface area contributed by atoms with Crippen molar-refractivity contribution in [3.05, 3.63) is 69.4 Å². The monoisotopic (exact) mass is 547 g/mol. The molecule has 3 amide bonds. The first-order valence-corrected chi connectivity index (χ1v) is 12.4. The largest absolute Gasteiger partial charge is 0.340 e. The van der Waals surface area contributed by atoms with Crippen LogP contribution in [0.15, 0.2) is 48.8 Å². The molecule has 9 nitrogen and oxygen atoms in total. The molecule has 2 heterocycles. The maximum atomic E-state index is 12.8. The normalized spacial score (nSPS) is 13.8. The molecule has 3 N–H and O–H groups in total. The van der Waals surface area contributed by atoms with Crippen LogP contribution in [0.4, 0.5) is 27.8 Å². The number of amides is 3. The number of aromatic nitrogens is 2. The number of urea groups is 1. The van der Waals surface area contributed by atoms with Gasteiger partial charge in [-0.25, -0.2) is 14.8 Å². The Morgan fingerprint density at radius 1 is 0.889 bits per heavy atom. The second-order valence-electron chi connectivity index (χ2n) is 8.04. The number of hydrogen-bond acceptors (Lipinski definition) is 6. The zero-order chi connectivity index (χ0) is 25.7. The molecule has 1 aliphatic rings. The topological polar surface area (TPSA) is 102 Å². The third-order valence-corrected chi connectivity index (χ3v) is 6.48. The van der Waals surface area contributed by atoms with Crippen molar-refractivity contribution >= 4 is 69.8 Å². The van der Waals surface area contributed by atoms with Crippen LogP contribution < -0.4 is 16.0 Å². The van der Waals surface area contributed by atoms with Crippen molar-refractivity contribution < 1.29 is 9.59 Å². The standard InChI is InChI=1S/C24H24Cl3N7O2/c1-2-33-7-9-34(10-8-33)23(35)15-3-5-17(6-4-15)30-20-13-21(29-14-28-20)31-24(36)32-22-18(26)11-16(25)12-19(22)27/h3-6,11-14H,2,7-10H2,1H3,(H3,28,29,30,31,32,36). The van der Waals surface area contributed by atoms with Crippen LogP contribution >= 0.6 is 34.8 Å². The molecule has 188 valence electrons. The second-order valence-corrected chi connectivity index (χ2v) is 9.29. The number of halogens is 3. The number of likely N-dealkylation sites (N-methyl/N-ethyl adjacent to an activating group) is 1. The Labute approximate surface area is 223 Å². The van der Waals surface area contributed by atoms with Crippen molar-refractivity contribution in [1.82, 2.24) is 19.8 Å².